The van der Waals surface area contributed by atoms with Crippen LogP contribution in [0.25, 0.3) is 16.9 Å². The minimum absolute atomic E-state index is 0.0478. The van der Waals surface area contributed by atoms with Crippen molar-refractivity contribution in [3.63, 3.8) is 0 Å². The molecule has 34 heavy (non-hydrogen) atoms. The summed E-state index contributed by atoms with van der Waals surface area (Å²) in [5.74, 6) is -0.330. The molecular formula is C21H16ClFN8O3. The summed E-state index contributed by atoms with van der Waals surface area (Å²) in [5, 5.41) is 19.9. The van der Waals surface area contributed by atoms with Gasteiger partial charge in [0.2, 0.25) is 0 Å². The maximum atomic E-state index is 13.7. The van der Waals surface area contributed by atoms with Gasteiger partial charge in [0, 0.05) is 37.3 Å². The fourth-order valence-electron chi connectivity index (χ4n) is 3.88. The van der Waals surface area contributed by atoms with Crippen molar-refractivity contribution in [2.24, 2.45) is 0 Å². The highest BCUT2D eigenvalue weighted by molar-refractivity contribution is 6.31. The third-order valence-electron chi connectivity index (χ3n) is 5.52. The summed E-state index contributed by atoms with van der Waals surface area (Å²) >= 11 is 5.97. The summed E-state index contributed by atoms with van der Waals surface area (Å²) in [7, 11) is 0. The van der Waals surface area contributed by atoms with Crippen LogP contribution in [0.3, 0.4) is 0 Å². The van der Waals surface area contributed by atoms with Gasteiger partial charge in [0.15, 0.2) is 17.0 Å². The van der Waals surface area contributed by atoms with Gasteiger partial charge in [0.25, 0.3) is 11.6 Å². The van der Waals surface area contributed by atoms with Crippen molar-refractivity contribution in [3.8, 4) is 5.69 Å². The summed E-state index contributed by atoms with van der Waals surface area (Å²) < 4.78 is 15.1. The van der Waals surface area contributed by atoms with Crippen LogP contribution in [0.1, 0.15) is 10.4 Å². The lowest BCUT2D eigenvalue weighted by molar-refractivity contribution is -0.385. The molecule has 2 aromatic carbocycles. The highest BCUT2D eigenvalue weighted by atomic mass is 35.5. The first kappa shape index (κ1) is 21.6. The van der Waals surface area contributed by atoms with Crippen LogP contribution in [0.4, 0.5) is 15.9 Å². The van der Waals surface area contributed by atoms with Gasteiger partial charge in [-0.15, -0.1) is 5.10 Å². The summed E-state index contributed by atoms with van der Waals surface area (Å²) in [6.45, 7) is 1.45. The molecule has 3 heterocycles. The van der Waals surface area contributed by atoms with E-state index in [0.29, 0.717) is 48.8 Å². The van der Waals surface area contributed by atoms with Crippen LogP contribution in [0.5, 0.6) is 0 Å². The molecule has 172 valence electrons. The Hall–Kier alpha value is -4.19. The predicted molar refractivity (Wildman–Crippen MR) is 121 cm³/mol. The molecule has 1 amide bonds. The molecule has 0 bridgehead atoms. The van der Waals surface area contributed by atoms with Gasteiger partial charge in [-0.25, -0.2) is 14.4 Å². The third kappa shape index (κ3) is 3.88. The van der Waals surface area contributed by atoms with Gasteiger partial charge in [-0.3, -0.25) is 14.9 Å². The van der Waals surface area contributed by atoms with Crippen molar-refractivity contribution < 1.29 is 14.1 Å². The molecule has 0 atom stereocenters. The topological polar surface area (TPSA) is 123 Å². The van der Waals surface area contributed by atoms with Crippen LogP contribution in [-0.4, -0.2) is 66.9 Å². The molecule has 11 nitrogen and oxygen atoms in total. The number of benzene rings is 2. The summed E-state index contributed by atoms with van der Waals surface area (Å²) in [4.78, 5) is 35.8. The van der Waals surface area contributed by atoms with Gasteiger partial charge in [0.05, 0.1) is 10.6 Å². The van der Waals surface area contributed by atoms with Gasteiger partial charge in [0.1, 0.15) is 17.7 Å². The first-order valence-electron chi connectivity index (χ1n) is 10.2. The van der Waals surface area contributed by atoms with E-state index in [9.17, 15) is 19.3 Å². The lowest BCUT2D eigenvalue weighted by Crippen LogP contribution is -2.49. The number of nitrogens with zero attached hydrogens (tertiary/aromatic N) is 8. The van der Waals surface area contributed by atoms with E-state index in [1.807, 2.05) is 4.90 Å². The van der Waals surface area contributed by atoms with E-state index in [0.717, 1.165) is 0 Å². The average Bonchev–Trinajstić information content (AvgIpc) is 3.28. The van der Waals surface area contributed by atoms with E-state index in [-0.39, 0.29) is 16.3 Å². The Balaban J connectivity index is 1.38. The molecule has 0 unspecified atom stereocenters. The molecular weight excluding hydrogens is 467 g/mol. The standard InChI is InChI=1S/C21H16ClFN8O3/c22-13-4-5-17(31(33)34)16(10-13)21(32)29-8-6-28(7-9-29)19-18-20(25-12-24-19)30(27-26-18)15-3-1-2-14(23)11-15/h1-5,10-12H,6-9H2. The average molecular weight is 483 g/mol. The van der Waals surface area contributed by atoms with Crippen molar-refractivity contribution in [2.75, 3.05) is 31.1 Å². The van der Waals surface area contributed by atoms with E-state index >= 15 is 0 Å². The first-order valence-corrected chi connectivity index (χ1v) is 10.6. The fraction of sp³-hybridized carbons (Fsp3) is 0.190. The van der Waals surface area contributed by atoms with Gasteiger partial charge in [-0.1, -0.05) is 22.9 Å². The lowest BCUT2D eigenvalue weighted by Gasteiger charge is -2.35. The van der Waals surface area contributed by atoms with Gasteiger partial charge >= 0.3 is 0 Å². The number of hydrogen-bond donors (Lipinski definition) is 0. The highest BCUT2D eigenvalue weighted by Gasteiger charge is 2.29. The second-order valence-corrected chi connectivity index (χ2v) is 7.98. The van der Waals surface area contributed by atoms with Crippen molar-refractivity contribution in [1.82, 2.24) is 29.9 Å². The van der Waals surface area contributed by atoms with Crippen LogP contribution in [0.2, 0.25) is 5.02 Å². The zero-order chi connectivity index (χ0) is 23.8. The largest absolute Gasteiger partial charge is 0.351 e. The molecule has 0 N–H and O–H groups in total. The highest BCUT2D eigenvalue weighted by Crippen LogP contribution is 2.27. The molecule has 1 saturated heterocycles. The van der Waals surface area contributed by atoms with Gasteiger partial charge in [-0.05, 0) is 30.3 Å². The number of aromatic nitrogens is 5. The Bertz CT molecular complexity index is 1420. The minimum atomic E-state index is -0.598. The predicted octanol–water partition coefficient (Wildman–Crippen LogP) is 2.87. The maximum Gasteiger partial charge on any atom is 0.282 e. The van der Waals surface area contributed by atoms with Gasteiger partial charge in [-0.2, -0.15) is 4.68 Å². The quantitative estimate of drug-likeness (QED) is 0.321. The summed E-state index contributed by atoms with van der Waals surface area (Å²) in [6.07, 6.45) is 1.38. The SMILES string of the molecule is O=C(c1cc(Cl)ccc1[N+](=O)[O-])N1CCN(c2ncnc3c2nnn3-c2cccc(F)c2)CC1. The molecule has 13 heteroatoms. The monoisotopic (exact) mass is 482 g/mol. The van der Waals surface area contributed by atoms with Crippen LogP contribution < -0.4 is 4.90 Å². The van der Waals surface area contributed by atoms with Crippen LogP contribution >= 0.6 is 11.6 Å². The fourth-order valence-corrected chi connectivity index (χ4v) is 4.05. The summed E-state index contributed by atoms with van der Waals surface area (Å²) in [6, 6.07) is 9.85. The first-order chi connectivity index (χ1) is 16.4. The number of rotatable bonds is 4. The zero-order valence-electron chi connectivity index (χ0n) is 17.5. The maximum absolute atomic E-state index is 13.7. The van der Waals surface area contributed by atoms with E-state index in [4.69, 9.17) is 11.6 Å². The molecule has 1 aliphatic heterocycles. The number of nitro groups is 1. The van der Waals surface area contributed by atoms with Gasteiger partial charge < -0.3 is 9.80 Å². The number of carbonyl (C=O) groups is 1. The van der Waals surface area contributed by atoms with E-state index in [2.05, 4.69) is 20.3 Å². The Morgan fingerprint density at radius 1 is 1.09 bits per heavy atom. The van der Waals surface area contributed by atoms with E-state index in [1.54, 1.807) is 12.1 Å². The number of carbonyl (C=O) groups excluding carboxylic acids is 1. The second-order valence-electron chi connectivity index (χ2n) is 7.55. The zero-order valence-corrected chi connectivity index (χ0v) is 18.3. The van der Waals surface area contributed by atoms with Crippen molar-refractivity contribution in [1.29, 1.82) is 0 Å². The number of nitro benzene ring substituents is 1. The number of amides is 1. The van der Waals surface area contributed by atoms with Crippen LogP contribution in [-0.2, 0) is 0 Å². The third-order valence-corrected chi connectivity index (χ3v) is 5.76. The number of hydrogen-bond acceptors (Lipinski definition) is 8. The van der Waals surface area contributed by atoms with E-state index in [1.165, 1.54) is 46.2 Å². The molecule has 1 fully saturated rings. The molecule has 0 aliphatic carbocycles. The minimum Gasteiger partial charge on any atom is -0.351 e. The normalized spacial score (nSPS) is 13.9. The smallest absolute Gasteiger partial charge is 0.282 e. The van der Waals surface area contributed by atoms with Crippen molar-refractivity contribution in [3.05, 3.63) is 75.3 Å². The Morgan fingerprint density at radius 3 is 2.62 bits per heavy atom. The Kier molecular flexibility index (Phi) is 5.49. The molecule has 2 aromatic heterocycles. The lowest BCUT2D eigenvalue weighted by atomic mass is 10.1. The number of fused-ring (bicyclic) bond motifs is 1. The van der Waals surface area contributed by atoms with Crippen molar-refractivity contribution in [2.45, 2.75) is 0 Å². The number of piperazine rings is 1. The molecule has 0 radical (unpaired) electrons. The van der Waals surface area contributed by atoms with Crippen molar-refractivity contribution >= 4 is 40.2 Å². The molecule has 4 aromatic rings. The number of anilines is 1. The molecule has 1 aliphatic rings. The molecule has 0 spiro atoms. The van der Waals surface area contributed by atoms with E-state index < -0.39 is 16.6 Å². The van der Waals surface area contributed by atoms with Crippen LogP contribution in [0, 0.1) is 15.9 Å². The summed E-state index contributed by atoms with van der Waals surface area (Å²) in [5.41, 5.74) is 1.00. The Labute approximate surface area is 196 Å². The molecule has 0 saturated carbocycles. The number of halogens is 2. The van der Waals surface area contributed by atoms with Crippen LogP contribution in [0.15, 0.2) is 48.8 Å². The Morgan fingerprint density at radius 2 is 1.88 bits per heavy atom. The second kappa shape index (κ2) is 8.63. The molecule has 5 rings (SSSR count).